The van der Waals surface area contributed by atoms with Crippen molar-refractivity contribution in [2.24, 2.45) is 5.73 Å². The molecule has 1 amide bonds. The van der Waals surface area contributed by atoms with Crippen molar-refractivity contribution in [3.63, 3.8) is 0 Å². The topological polar surface area (TPSA) is 64.3 Å². The van der Waals surface area contributed by atoms with E-state index in [0.717, 1.165) is 16.9 Å². The van der Waals surface area contributed by atoms with Gasteiger partial charge in [0.2, 0.25) is 5.91 Å². The standard InChI is InChI=1S/C12H18N2O2/c1-3-16-11-6-9(2)4-5-10(11)8-14-12(15)7-13/h4-6H,3,7-8,13H2,1-2H3,(H,14,15). The number of hydrogen-bond acceptors (Lipinski definition) is 3. The third-order valence-corrected chi connectivity index (χ3v) is 2.18. The molecule has 88 valence electrons. The van der Waals surface area contributed by atoms with Crippen molar-refractivity contribution in [2.45, 2.75) is 20.4 Å². The summed E-state index contributed by atoms with van der Waals surface area (Å²) >= 11 is 0. The van der Waals surface area contributed by atoms with Gasteiger partial charge in [0.05, 0.1) is 13.2 Å². The molecule has 16 heavy (non-hydrogen) atoms. The van der Waals surface area contributed by atoms with Crippen molar-refractivity contribution in [3.8, 4) is 5.75 Å². The molecule has 1 aromatic carbocycles. The number of carbonyl (C=O) groups is 1. The molecule has 0 aliphatic carbocycles. The highest BCUT2D eigenvalue weighted by Gasteiger charge is 2.05. The number of benzene rings is 1. The minimum Gasteiger partial charge on any atom is -0.494 e. The summed E-state index contributed by atoms with van der Waals surface area (Å²) in [5, 5.41) is 2.72. The third kappa shape index (κ3) is 3.55. The van der Waals surface area contributed by atoms with E-state index in [4.69, 9.17) is 10.5 Å². The predicted octanol–water partition coefficient (Wildman–Crippen LogP) is 0.969. The van der Waals surface area contributed by atoms with E-state index in [9.17, 15) is 4.79 Å². The molecule has 4 heteroatoms. The van der Waals surface area contributed by atoms with Crippen molar-refractivity contribution in [1.29, 1.82) is 0 Å². The summed E-state index contributed by atoms with van der Waals surface area (Å²) in [6.07, 6.45) is 0. The number of rotatable bonds is 5. The fourth-order valence-corrected chi connectivity index (χ4v) is 1.36. The lowest BCUT2D eigenvalue weighted by Crippen LogP contribution is -2.29. The number of carbonyl (C=O) groups excluding carboxylic acids is 1. The fourth-order valence-electron chi connectivity index (χ4n) is 1.36. The van der Waals surface area contributed by atoms with Gasteiger partial charge in [-0.25, -0.2) is 0 Å². The molecule has 0 atom stereocenters. The Morgan fingerprint density at radius 3 is 2.88 bits per heavy atom. The highest BCUT2D eigenvalue weighted by Crippen LogP contribution is 2.20. The van der Waals surface area contributed by atoms with Gasteiger partial charge in [-0.2, -0.15) is 0 Å². The zero-order valence-corrected chi connectivity index (χ0v) is 9.75. The van der Waals surface area contributed by atoms with Gasteiger partial charge in [-0.05, 0) is 25.5 Å². The molecule has 0 spiro atoms. The molecule has 0 unspecified atom stereocenters. The number of nitrogens with one attached hydrogen (secondary N) is 1. The number of amides is 1. The van der Waals surface area contributed by atoms with Gasteiger partial charge in [0.15, 0.2) is 0 Å². The van der Waals surface area contributed by atoms with Crippen LogP contribution >= 0.6 is 0 Å². The predicted molar refractivity (Wildman–Crippen MR) is 63.2 cm³/mol. The van der Waals surface area contributed by atoms with E-state index in [1.165, 1.54) is 0 Å². The van der Waals surface area contributed by atoms with E-state index in [-0.39, 0.29) is 12.5 Å². The first-order chi connectivity index (χ1) is 7.67. The van der Waals surface area contributed by atoms with Crippen LogP contribution < -0.4 is 15.8 Å². The minimum absolute atomic E-state index is 0.00975. The molecule has 0 saturated carbocycles. The number of nitrogens with two attached hydrogens (primary N) is 1. The van der Waals surface area contributed by atoms with Gasteiger partial charge in [0.1, 0.15) is 5.75 Å². The van der Waals surface area contributed by atoms with Crippen LogP contribution in [0.1, 0.15) is 18.1 Å². The normalized spacial score (nSPS) is 9.94. The monoisotopic (exact) mass is 222 g/mol. The zero-order chi connectivity index (χ0) is 12.0. The average Bonchev–Trinajstić information content (AvgIpc) is 2.28. The Morgan fingerprint density at radius 2 is 2.25 bits per heavy atom. The SMILES string of the molecule is CCOc1cc(C)ccc1CNC(=O)CN. The summed E-state index contributed by atoms with van der Waals surface area (Å²) in [6.45, 7) is 5.01. The van der Waals surface area contributed by atoms with Gasteiger partial charge in [-0.3, -0.25) is 4.79 Å². The van der Waals surface area contributed by atoms with Crippen LogP contribution in [-0.4, -0.2) is 19.1 Å². The van der Waals surface area contributed by atoms with Crippen molar-refractivity contribution >= 4 is 5.91 Å². The van der Waals surface area contributed by atoms with Crippen LogP contribution in [0.4, 0.5) is 0 Å². The molecule has 0 fully saturated rings. The van der Waals surface area contributed by atoms with Crippen LogP contribution in [0.2, 0.25) is 0 Å². The van der Waals surface area contributed by atoms with Gasteiger partial charge in [0.25, 0.3) is 0 Å². The van der Waals surface area contributed by atoms with Crippen LogP contribution in [0.25, 0.3) is 0 Å². The van der Waals surface area contributed by atoms with Crippen molar-refractivity contribution in [2.75, 3.05) is 13.2 Å². The molecule has 0 heterocycles. The van der Waals surface area contributed by atoms with E-state index in [0.29, 0.717) is 13.2 Å². The molecular weight excluding hydrogens is 204 g/mol. The first-order valence-corrected chi connectivity index (χ1v) is 5.36. The van der Waals surface area contributed by atoms with Crippen LogP contribution in [-0.2, 0) is 11.3 Å². The van der Waals surface area contributed by atoms with Gasteiger partial charge in [-0.1, -0.05) is 12.1 Å². The lowest BCUT2D eigenvalue weighted by Gasteiger charge is -2.11. The minimum atomic E-state index is -0.164. The Bertz CT molecular complexity index is 364. The van der Waals surface area contributed by atoms with Gasteiger partial charge in [-0.15, -0.1) is 0 Å². The maximum Gasteiger partial charge on any atom is 0.234 e. The summed E-state index contributed by atoms with van der Waals surface area (Å²) in [6, 6.07) is 5.91. The Morgan fingerprint density at radius 1 is 1.50 bits per heavy atom. The second kappa shape index (κ2) is 6.12. The maximum absolute atomic E-state index is 11.0. The van der Waals surface area contributed by atoms with Crippen LogP contribution in [0, 0.1) is 6.92 Å². The molecule has 0 radical (unpaired) electrons. The molecular formula is C12H18N2O2. The Labute approximate surface area is 95.8 Å². The lowest BCUT2D eigenvalue weighted by atomic mass is 10.1. The molecule has 0 saturated heterocycles. The summed E-state index contributed by atoms with van der Waals surface area (Å²) in [5.74, 6) is 0.655. The van der Waals surface area contributed by atoms with Gasteiger partial charge in [0, 0.05) is 12.1 Å². The molecule has 0 aromatic heterocycles. The summed E-state index contributed by atoms with van der Waals surface area (Å²) in [7, 11) is 0. The number of ether oxygens (including phenoxy) is 1. The van der Waals surface area contributed by atoms with Crippen LogP contribution in [0.5, 0.6) is 5.75 Å². The molecule has 1 aromatic rings. The Hall–Kier alpha value is -1.55. The van der Waals surface area contributed by atoms with Crippen LogP contribution in [0.3, 0.4) is 0 Å². The van der Waals surface area contributed by atoms with Crippen molar-refractivity contribution in [3.05, 3.63) is 29.3 Å². The average molecular weight is 222 g/mol. The quantitative estimate of drug-likeness (QED) is 0.780. The molecule has 0 bridgehead atoms. The number of aryl methyl sites for hydroxylation is 1. The van der Waals surface area contributed by atoms with E-state index >= 15 is 0 Å². The van der Waals surface area contributed by atoms with E-state index in [2.05, 4.69) is 5.32 Å². The molecule has 0 aliphatic rings. The van der Waals surface area contributed by atoms with Gasteiger partial charge < -0.3 is 15.8 Å². The van der Waals surface area contributed by atoms with Crippen molar-refractivity contribution in [1.82, 2.24) is 5.32 Å². The summed E-state index contributed by atoms with van der Waals surface area (Å²) < 4.78 is 5.50. The highest BCUT2D eigenvalue weighted by molar-refractivity contribution is 5.77. The first-order valence-electron chi connectivity index (χ1n) is 5.36. The van der Waals surface area contributed by atoms with Gasteiger partial charge >= 0.3 is 0 Å². The van der Waals surface area contributed by atoms with E-state index in [1.807, 2.05) is 32.0 Å². The molecule has 3 N–H and O–H groups in total. The zero-order valence-electron chi connectivity index (χ0n) is 9.75. The van der Waals surface area contributed by atoms with Crippen molar-refractivity contribution < 1.29 is 9.53 Å². The summed E-state index contributed by atoms with van der Waals surface area (Å²) in [4.78, 5) is 11.0. The first kappa shape index (κ1) is 12.5. The highest BCUT2D eigenvalue weighted by atomic mass is 16.5. The lowest BCUT2D eigenvalue weighted by molar-refractivity contribution is -0.119. The smallest absolute Gasteiger partial charge is 0.234 e. The fraction of sp³-hybridized carbons (Fsp3) is 0.417. The molecule has 1 rings (SSSR count). The largest absolute Gasteiger partial charge is 0.494 e. The second-order valence-corrected chi connectivity index (χ2v) is 3.53. The van der Waals surface area contributed by atoms with E-state index in [1.54, 1.807) is 0 Å². The number of hydrogen-bond donors (Lipinski definition) is 2. The molecule has 0 aliphatic heterocycles. The summed E-state index contributed by atoms with van der Waals surface area (Å²) in [5.41, 5.74) is 7.32. The molecule has 4 nitrogen and oxygen atoms in total. The maximum atomic E-state index is 11.0. The van der Waals surface area contributed by atoms with Crippen LogP contribution in [0.15, 0.2) is 18.2 Å². The second-order valence-electron chi connectivity index (χ2n) is 3.53. The Kier molecular flexibility index (Phi) is 4.79. The van der Waals surface area contributed by atoms with E-state index < -0.39 is 0 Å². The Balaban J connectivity index is 2.73. The third-order valence-electron chi connectivity index (χ3n) is 2.18.